The van der Waals surface area contributed by atoms with E-state index in [2.05, 4.69) is 61.2 Å². The Hall–Kier alpha value is -2.41. The average molecular weight is 368 g/mol. The molecule has 4 rings (SSSR count). The Labute approximate surface area is 160 Å². The minimum atomic E-state index is 0.0688. The summed E-state index contributed by atoms with van der Waals surface area (Å²) in [4.78, 5) is 6.76. The number of hydrogen-bond donors (Lipinski definition) is 1. The van der Waals surface area contributed by atoms with Gasteiger partial charge in [0.15, 0.2) is 11.8 Å². The van der Waals surface area contributed by atoms with Gasteiger partial charge in [0, 0.05) is 26.6 Å². The fourth-order valence-electron chi connectivity index (χ4n) is 3.97. The fourth-order valence-corrected chi connectivity index (χ4v) is 3.97. The lowest BCUT2D eigenvalue weighted by Gasteiger charge is -2.35. The minimum Gasteiger partial charge on any atom is -0.370 e. The summed E-state index contributed by atoms with van der Waals surface area (Å²) in [5, 5.41) is 12.2. The molecule has 27 heavy (non-hydrogen) atoms. The van der Waals surface area contributed by atoms with Gasteiger partial charge in [-0.05, 0) is 30.9 Å². The van der Waals surface area contributed by atoms with Crippen LogP contribution >= 0.6 is 0 Å². The van der Waals surface area contributed by atoms with Crippen LogP contribution in [0.2, 0.25) is 0 Å². The van der Waals surface area contributed by atoms with Crippen molar-refractivity contribution in [3.05, 3.63) is 47.0 Å². The molecule has 2 aliphatic heterocycles. The molecule has 0 aliphatic carbocycles. The highest BCUT2D eigenvalue weighted by Crippen LogP contribution is 2.25. The van der Waals surface area contributed by atoms with Gasteiger partial charge < -0.3 is 19.5 Å². The molecular formula is C20H28N6O. The predicted molar refractivity (Wildman–Crippen MR) is 105 cm³/mol. The largest absolute Gasteiger partial charge is 0.370 e. The molecule has 1 saturated heterocycles. The maximum atomic E-state index is 6.04. The molecule has 1 atom stereocenters. The van der Waals surface area contributed by atoms with Gasteiger partial charge in [0.1, 0.15) is 11.9 Å². The van der Waals surface area contributed by atoms with Crippen LogP contribution in [-0.4, -0.2) is 52.4 Å². The Morgan fingerprint density at radius 3 is 3.00 bits per heavy atom. The van der Waals surface area contributed by atoms with Gasteiger partial charge in [-0.25, -0.2) is 0 Å². The molecule has 0 amide bonds. The highest BCUT2D eigenvalue weighted by Gasteiger charge is 2.25. The number of morpholine rings is 1. The molecule has 1 N–H and O–H groups in total. The SMILES string of the molecule is CN=C(NCc1nnc2n1CCCC2)N1CCOC(c2ccccc2C)C1. The van der Waals surface area contributed by atoms with Crippen LogP contribution in [0, 0.1) is 6.92 Å². The number of benzene rings is 1. The van der Waals surface area contributed by atoms with Crippen LogP contribution in [-0.2, 0) is 24.2 Å². The molecule has 7 nitrogen and oxygen atoms in total. The summed E-state index contributed by atoms with van der Waals surface area (Å²) in [7, 11) is 1.83. The first-order chi connectivity index (χ1) is 13.3. The lowest BCUT2D eigenvalue weighted by atomic mass is 10.0. The number of ether oxygens (including phenoxy) is 1. The quantitative estimate of drug-likeness (QED) is 0.664. The normalized spacial score (nSPS) is 20.4. The molecule has 0 bridgehead atoms. The Bertz CT molecular complexity index is 815. The van der Waals surface area contributed by atoms with Gasteiger partial charge in [0.2, 0.25) is 0 Å². The maximum Gasteiger partial charge on any atom is 0.194 e. The maximum absolute atomic E-state index is 6.04. The summed E-state index contributed by atoms with van der Waals surface area (Å²) in [6.45, 7) is 6.12. The third-order valence-electron chi connectivity index (χ3n) is 5.45. The zero-order valence-electron chi connectivity index (χ0n) is 16.2. The van der Waals surface area contributed by atoms with E-state index in [1.54, 1.807) is 0 Å². The number of fused-ring (bicyclic) bond motifs is 1. The van der Waals surface area contributed by atoms with Crippen LogP contribution in [0.5, 0.6) is 0 Å². The minimum absolute atomic E-state index is 0.0688. The zero-order chi connectivity index (χ0) is 18.6. The van der Waals surface area contributed by atoms with Gasteiger partial charge in [-0.15, -0.1) is 10.2 Å². The van der Waals surface area contributed by atoms with Crippen LogP contribution in [0.25, 0.3) is 0 Å². The molecule has 0 saturated carbocycles. The number of nitrogens with zero attached hydrogens (tertiary/aromatic N) is 5. The summed E-state index contributed by atoms with van der Waals surface area (Å²) in [5.41, 5.74) is 2.52. The van der Waals surface area contributed by atoms with Crippen molar-refractivity contribution in [3.8, 4) is 0 Å². The van der Waals surface area contributed by atoms with Crippen LogP contribution in [0.15, 0.2) is 29.3 Å². The first-order valence-corrected chi connectivity index (χ1v) is 9.80. The van der Waals surface area contributed by atoms with Crippen molar-refractivity contribution < 1.29 is 4.74 Å². The van der Waals surface area contributed by atoms with Crippen molar-refractivity contribution in [3.63, 3.8) is 0 Å². The third-order valence-corrected chi connectivity index (χ3v) is 5.45. The van der Waals surface area contributed by atoms with Crippen LogP contribution in [0.4, 0.5) is 0 Å². The van der Waals surface area contributed by atoms with Crippen molar-refractivity contribution in [2.75, 3.05) is 26.7 Å². The van der Waals surface area contributed by atoms with E-state index in [4.69, 9.17) is 4.74 Å². The van der Waals surface area contributed by atoms with Gasteiger partial charge in [-0.3, -0.25) is 4.99 Å². The molecule has 1 aromatic carbocycles. The number of guanidine groups is 1. The van der Waals surface area contributed by atoms with Gasteiger partial charge in [0.05, 0.1) is 19.7 Å². The highest BCUT2D eigenvalue weighted by atomic mass is 16.5. The number of aliphatic imine (C=N–C) groups is 1. The topological polar surface area (TPSA) is 67.6 Å². The molecule has 2 aromatic rings. The highest BCUT2D eigenvalue weighted by molar-refractivity contribution is 5.80. The molecule has 1 unspecified atom stereocenters. The van der Waals surface area contributed by atoms with Crippen molar-refractivity contribution in [2.45, 2.75) is 45.4 Å². The Morgan fingerprint density at radius 1 is 1.26 bits per heavy atom. The first kappa shape index (κ1) is 18.0. The van der Waals surface area contributed by atoms with Crippen molar-refractivity contribution in [1.82, 2.24) is 25.0 Å². The second-order valence-electron chi connectivity index (χ2n) is 7.20. The van der Waals surface area contributed by atoms with Crippen molar-refractivity contribution in [2.24, 2.45) is 4.99 Å². The predicted octanol–water partition coefficient (Wildman–Crippen LogP) is 2.07. The monoisotopic (exact) mass is 368 g/mol. The molecule has 1 fully saturated rings. The number of aromatic nitrogens is 3. The number of hydrogen-bond acceptors (Lipinski definition) is 4. The molecule has 3 heterocycles. The Morgan fingerprint density at radius 2 is 2.15 bits per heavy atom. The molecule has 0 spiro atoms. The summed E-state index contributed by atoms with van der Waals surface area (Å²) in [6, 6.07) is 8.44. The number of rotatable bonds is 3. The van der Waals surface area contributed by atoms with Gasteiger partial charge in [0.25, 0.3) is 0 Å². The molecular weight excluding hydrogens is 340 g/mol. The van der Waals surface area contributed by atoms with E-state index >= 15 is 0 Å². The fraction of sp³-hybridized carbons (Fsp3) is 0.550. The van der Waals surface area contributed by atoms with Crippen LogP contribution in [0.3, 0.4) is 0 Å². The third kappa shape index (κ3) is 3.83. The van der Waals surface area contributed by atoms with E-state index in [0.29, 0.717) is 13.2 Å². The Kier molecular flexibility index (Phi) is 5.38. The van der Waals surface area contributed by atoms with Crippen LogP contribution in [0.1, 0.15) is 41.7 Å². The van der Waals surface area contributed by atoms with E-state index in [1.807, 2.05) is 7.05 Å². The van der Waals surface area contributed by atoms with Gasteiger partial charge >= 0.3 is 0 Å². The van der Waals surface area contributed by atoms with E-state index in [0.717, 1.165) is 43.7 Å². The standard InChI is InChI=1S/C20H28N6O/c1-15-7-3-4-8-16(15)17-14-25(11-12-27-17)20(21-2)22-13-19-24-23-18-9-5-6-10-26(18)19/h3-4,7-8,17H,5-6,9-14H2,1-2H3,(H,21,22). The first-order valence-electron chi connectivity index (χ1n) is 9.80. The second kappa shape index (κ2) is 8.08. The molecule has 2 aliphatic rings. The second-order valence-corrected chi connectivity index (χ2v) is 7.20. The molecule has 144 valence electrons. The van der Waals surface area contributed by atoms with E-state index < -0.39 is 0 Å². The number of nitrogens with one attached hydrogen (secondary N) is 1. The number of aryl methyl sites for hydroxylation is 2. The van der Waals surface area contributed by atoms with Crippen molar-refractivity contribution in [1.29, 1.82) is 0 Å². The van der Waals surface area contributed by atoms with Gasteiger partial charge in [-0.1, -0.05) is 24.3 Å². The summed E-state index contributed by atoms with van der Waals surface area (Å²) >= 11 is 0. The van der Waals surface area contributed by atoms with Gasteiger partial charge in [-0.2, -0.15) is 0 Å². The lowest BCUT2D eigenvalue weighted by Crippen LogP contribution is -2.48. The molecule has 7 heteroatoms. The zero-order valence-corrected chi connectivity index (χ0v) is 16.2. The van der Waals surface area contributed by atoms with E-state index in [1.165, 1.54) is 24.0 Å². The van der Waals surface area contributed by atoms with Crippen molar-refractivity contribution >= 4 is 5.96 Å². The van der Waals surface area contributed by atoms with E-state index in [9.17, 15) is 0 Å². The smallest absolute Gasteiger partial charge is 0.194 e. The molecule has 0 radical (unpaired) electrons. The van der Waals surface area contributed by atoms with Crippen LogP contribution < -0.4 is 5.32 Å². The van der Waals surface area contributed by atoms with E-state index in [-0.39, 0.29) is 6.10 Å². The Balaban J connectivity index is 1.42. The lowest BCUT2D eigenvalue weighted by molar-refractivity contribution is -0.00835. The summed E-state index contributed by atoms with van der Waals surface area (Å²) in [5.74, 6) is 3.00. The molecule has 1 aromatic heterocycles. The summed E-state index contributed by atoms with van der Waals surface area (Å²) in [6.07, 6.45) is 3.51. The average Bonchev–Trinajstić information content (AvgIpc) is 3.12. The summed E-state index contributed by atoms with van der Waals surface area (Å²) < 4.78 is 8.29.